The third-order valence-corrected chi connectivity index (χ3v) is 11.4. The first-order valence-corrected chi connectivity index (χ1v) is 37.3. The molecule has 0 fully saturated rings. The van der Waals surface area contributed by atoms with Crippen LogP contribution in [0.2, 0.25) is 0 Å². The van der Waals surface area contributed by atoms with Crippen LogP contribution in [0.4, 0.5) is 22.7 Å². The molecule has 0 N–H and O–H groups in total. The molecule has 11 heteroatoms. The zero-order valence-corrected chi connectivity index (χ0v) is 44.0. The Morgan fingerprint density at radius 2 is 0.852 bits per heavy atom. The Balaban J connectivity index is 0.000000242. The number of likely N-dealkylation sites (N-methyl/N-ethyl adjacent to an activating group) is 2. The van der Waals surface area contributed by atoms with Crippen molar-refractivity contribution in [2.75, 3.05) is 76.5 Å². The van der Waals surface area contributed by atoms with E-state index in [2.05, 4.69) is 196 Å². The van der Waals surface area contributed by atoms with Crippen LogP contribution < -0.4 is 9.80 Å². The van der Waals surface area contributed by atoms with Crippen LogP contribution >= 0.6 is 38.8 Å². The number of allylic oxidation sites excluding steroid dienone is 2. The van der Waals surface area contributed by atoms with Gasteiger partial charge in [0.25, 0.3) is 0 Å². The molecule has 6 rings (SSSR count). The fourth-order valence-corrected chi connectivity index (χ4v) is 8.12. The van der Waals surface area contributed by atoms with E-state index >= 15 is 0 Å². The summed E-state index contributed by atoms with van der Waals surface area (Å²) in [6.07, 6.45) is 8.98. The number of hydrogen-bond acceptors (Lipinski definition) is 4. The molecule has 0 aromatic heterocycles. The summed E-state index contributed by atoms with van der Waals surface area (Å²) in [4.78, 5) is 4.70. The summed E-state index contributed by atoms with van der Waals surface area (Å²) < 4.78 is 15.6. The van der Waals surface area contributed by atoms with Crippen LogP contribution in [0.15, 0.2) is 109 Å². The third kappa shape index (κ3) is 14.0. The number of fused-ring (bicyclic) bond motifs is 2. The van der Waals surface area contributed by atoms with Crippen LogP contribution in [0.3, 0.4) is 0 Å². The molecule has 0 radical (unpaired) electrons. The Hall–Kier alpha value is -3.00. The normalized spacial score (nSPS) is 15.0. The summed E-state index contributed by atoms with van der Waals surface area (Å²) in [5.74, 6) is 0. The van der Waals surface area contributed by atoms with E-state index in [1.807, 2.05) is 13.8 Å². The zero-order valence-electron chi connectivity index (χ0n) is 38.0. The van der Waals surface area contributed by atoms with Crippen molar-refractivity contribution in [2.45, 2.75) is 66.2 Å². The van der Waals surface area contributed by atoms with Crippen LogP contribution in [-0.2, 0) is 31.1 Å². The summed E-state index contributed by atoms with van der Waals surface area (Å²) >= 11 is 0. The Kier molecular flexibility index (Phi) is 19.6. The number of hydrogen-bond donors (Lipinski definition) is 0. The van der Waals surface area contributed by atoms with Crippen LogP contribution in [-0.4, -0.2) is 87.3 Å². The van der Waals surface area contributed by atoms with Crippen LogP contribution in [0, 0.1) is 0 Å². The molecule has 0 spiro atoms. The number of anilines is 2. The maximum absolute atomic E-state index is 5.50. The van der Waals surface area contributed by atoms with E-state index < -0.39 is 10.8 Å². The second-order valence-electron chi connectivity index (χ2n) is 16.2. The zero-order chi connectivity index (χ0) is 44.8. The van der Waals surface area contributed by atoms with Gasteiger partial charge >= 0.3 is 49.6 Å². The van der Waals surface area contributed by atoms with E-state index in [9.17, 15) is 0 Å². The van der Waals surface area contributed by atoms with Crippen LogP contribution in [0.1, 0.15) is 77.6 Å². The molecular weight excluding hydrogens is 896 g/mol. The van der Waals surface area contributed by atoms with Crippen LogP contribution in [0.5, 0.6) is 0 Å². The summed E-state index contributed by atoms with van der Waals surface area (Å²) in [5, 5.41) is 0. The molecule has 2 heterocycles. The number of ether oxygens (including phenoxy) is 2. The minimum atomic E-state index is -3.36. The van der Waals surface area contributed by atoms with Gasteiger partial charge in [0.15, 0.2) is 11.4 Å². The summed E-state index contributed by atoms with van der Waals surface area (Å²) in [6.45, 7) is 24.6. The molecule has 0 saturated carbocycles. The number of rotatable bonds is 16. The van der Waals surface area contributed by atoms with Gasteiger partial charge < -0.3 is 19.3 Å². The summed E-state index contributed by atoms with van der Waals surface area (Å²) in [7, 11) is 21.1. The van der Waals surface area contributed by atoms with Gasteiger partial charge in [-0.3, -0.25) is 0 Å². The molecule has 4 aromatic rings. The number of nitrogens with zero attached hydrogens (tertiary/aromatic N) is 4. The van der Waals surface area contributed by atoms with Crippen molar-refractivity contribution in [3.63, 3.8) is 0 Å². The van der Waals surface area contributed by atoms with Crippen molar-refractivity contribution in [3.8, 4) is 0 Å². The predicted octanol–water partition coefficient (Wildman–Crippen LogP) is 13.3. The predicted molar refractivity (Wildman–Crippen MR) is 264 cm³/mol. The first-order chi connectivity index (χ1) is 29.0. The SMILES string of the molecule is CCOCCN(CC)c1ccc(C=CC2=[N+](C)c3ccccc3C2(C)C)cc1.CCOCCN(CC)c1ccc(C=CC2=[N+](C)c3ccccc3C2(C)C)cc1.[Cl][Zn-2]([Cl])([Cl])[Cl]. The molecule has 2 aliphatic heterocycles. The van der Waals surface area contributed by atoms with Gasteiger partial charge in [0.2, 0.25) is 11.4 Å². The molecule has 4 aromatic carbocycles. The summed E-state index contributed by atoms with van der Waals surface area (Å²) in [5.41, 5.74) is 13.0. The van der Waals surface area contributed by atoms with Gasteiger partial charge in [0, 0.05) is 86.2 Å². The number of benzene rings is 4. The van der Waals surface area contributed by atoms with Gasteiger partial charge in [-0.15, -0.1) is 0 Å². The first-order valence-electron chi connectivity index (χ1n) is 21.7. The summed E-state index contributed by atoms with van der Waals surface area (Å²) in [6, 6.07) is 35.0. The Labute approximate surface area is 386 Å². The molecule has 6 nitrogen and oxygen atoms in total. The monoisotopic (exact) mass is 958 g/mol. The molecule has 0 saturated heterocycles. The van der Waals surface area contributed by atoms with Gasteiger partial charge in [-0.05, 0) is 103 Å². The van der Waals surface area contributed by atoms with Crippen molar-refractivity contribution in [3.05, 3.63) is 131 Å². The topological polar surface area (TPSA) is 31.0 Å². The number of para-hydroxylation sites is 2. The van der Waals surface area contributed by atoms with Crippen molar-refractivity contribution < 1.29 is 29.4 Å². The molecule has 0 bridgehead atoms. The van der Waals surface area contributed by atoms with E-state index in [4.69, 9.17) is 48.2 Å². The second-order valence-corrected chi connectivity index (χ2v) is 43.9. The fraction of sp³-hybridized carbons (Fsp3) is 0.400. The minimum absolute atomic E-state index is 0.0140. The molecule has 0 amide bonds. The van der Waals surface area contributed by atoms with E-state index in [1.165, 1.54) is 56.4 Å². The van der Waals surface area contributed by atoms with Crippen molar-refractivity contribution in [1.82, 2.24) is 0 Å². The molecule has 328 valence electrons. The van der Waals surface area contributed by atoms with Crippen LogP contribution in [0.25, 0.3) is 12.2 Å². The fourth-order valence-electron chi connectivity index (χ4n) is 8.12. The van der Waals surface area contributed by atoms with Gasteiger partial charge in [0.05, 0.1) is 24.0 Å². The molecule has 2 aliphatic rings. The molecule has 0 atom stereocenters. The van der Waals surface area contributed by atoms with Gasteiger partial charge in [0.1, 0.15) is 14.1 Å². The Bertz CT molecular complexity index is 1990. The van der Waals surface area contributed by atoms with E-state index in [1.54, 1.807) is 0 Å². The maximum atomic E-state index is 5.50. The first kappa shape index (κ1) is 50.6. The van der Waals surface area contributed by atoms with E-state index in [0.29, 0.717) is 0 Å². The third-order valence-electron chi connectivity index (χ3n) is 11.4. The van der Waals surface area contributed by atoms with Crippen molar-refractivity contribution in [1.29, 1.82) is 0 Å². The second kappa shape index (κ2) is 23.6. The Morgan fingerprint density at radius 1 is 0.525 bits per heavy atom. The number of halogens is 4. The van der Waals surface area contributed by atoms with E-state index in [-0.39, 0.29) is 10.8 Å². The quantitative estimate of drug-likeness (QED) is 0.0636. The molecule has 61 heavy (non-hydrogen) atoms. The average Bonchev–Trinajstić information content (AvgIpc) is 3.56. The molecule has 0 aliphatic carbocycles. The molecule has 0 unspecified atom stereocenters. The van der Waals surface area contributed by atoms with Gasteiger partial charge in [-0.1, -0.05) is 60.7 Å². The van der Waals surface area contributed by atoms with E-state index in [0.717, 1.165) is 52.6 Å². The van der Waals surface area contributed by atoms with Crippen molar-refractivity contribution in [2.24, 2.45) is 0 Å². The average molecular weight is 962 g/mol. The van der Waals surface area contributed by atoms with Crippen molar-refractivity contribution >= 4 is 85.1 Å². The Morgan fingerprint density at radius 3 is 1.15 bits per heavy atom. The standard InChI is InChI=1S/2C25H33N2O.4ClH.Zn/c2*1-6-27(18-19-28-7-2)21-15-12-20(13-16-21)14-17-24-25(3,4)22-10-8-9-11-23(22)26(24)5;;;;;/h2*8-17H,6-7,18-19H2,1-5H3;4*1H;/q2*+1;;;;;+2/p-4. The van der Waals surface area contributed by atoms with Gasteiger partial charge in [-0.25, -0.2) is 0 Å². The van der Waals surface area contributed by atoms with Gasteiger partial charge in [-0.2, -0.15) is 9.15 Å². The molecular formula is C50H66Cl4N4O2Zn.